The molecule has 2 aliphatic rings. The van der Waals surface area contributed by atoms with Crippen LogP contribution in [0.15, 0.2) is 67.0 Å². The molecule has 5 rings (SSSR count). The maximum absolute atomic E-state index is 12.4. The quantitative estimate of drug-likeness (QED) is 0.530. The molecule has 0 atom stereocenters. The molecule has 0 radical (unpaired) electrons. The molecule has 0 aliphatic carbocycles. The van der Waals surface area contributed by atoms with Crippen molar-refractivity contribution < 1.29 is 14.4 Å². The number of hydrogen-bond acceptors (Lipinski definition) is 7. The van der Waals surface area contributed by atoms with Gasteiger partial charge in [-0.05, 0) is 30.7 Å². The molecule has 0 unspecified atom stereocenters. The predicted octanol–water partition coefficient (Wildman–Crippen LogP) is 2.82. The Morgan fingerprint density at radius 1 is 0.800 bits per heavy atom. The van der Waals surface area contributed by atoms with Crippen molar-refractivity contribution in [3.05, 3.63) is 78.1 Å². The number of rotatable bonds is 7. The summed E-state index contributed by atoms with van der Waals surface area (Å²) in [5.41, 5.74) is 2.57. The molecule has 3 heterocycles. The van der Waals surface area contributed by atoms with Crippen molar-refractivity contribution in [1.82, 2.24) is 14.9 Å². The van der Waals surface area contributed by atoms with Crippen LogP contribution in [0.1, 0.15) is 33.6 Å². The number of benzene rings is 2. The summed E-state index contributed by atoms with van der Waals surface area (Å²) in [5, 5.41) is 2.79. The van der Waals surface area contributed by atoms with Crippen molar-refractivity contribution in [3.8, 4) is 0 Å². The highest BCUT2D eigenvalue weighted by Crippen LogP contribution is 2.23. The maximum atomic E-state index is 12.4. The first-order valence-corrected chi connectivity index (χ1v) is 11.7. The zero-order chi connectivity index (χ0) is 24.2. The fraction of sp³-hybridized carbons (Fsp3) is 0.269. The number of nitrogens with zero attached hydrogens (tertiary/aromatic N) is 5. The zero-order valence-corrected chi connectivity index (χ0v) is 19.3. The lowest BCUT2D eigenvalue weighted by atomic mass is 10.1. The van der Waals surface area contributed by atoms with E-state index in [1.54, 1.807) is 36.7 Å². The lowest BCUT2D eigenvalue weighted by molar-refractivity contribution is -0.116. The van der Waals surface area contributed by atoms with Gasteiger partial charge in [0.25, 0.3) is 11.8 Å². The number of piperazine rings is 1. The first kappa shape index (κ1) is 22.5. The number of anilines is 3. The molecule has 0 saturated carbocycles. The van der Waals surface area contributed by atoms with Crippen LogP contribution >= 0.6 is 0 Å². The van der Waals surface area contributed by atoms with E-state index in [-0.39, 0.29) is 30.7 Å². The molecule has 3 aromatic rings. The Labute approximate surface area is 203 Å². The maximum Gasteiger partial charge on any atom is 0.261 e. The smallest absolute Gasteiger partial charge is 0.261 e. The third-order valence-electron chi connectivity index (χ3n) is 6.27. The molecule has 2 aliphatic heterocycles. The standard InChI is InChI=1S/C26H26N6O3/c33-23(11-6-12-32-24(34)21-9-4-5-10-22(21)25(32)35)29-19-17-27-26(28-18-19)31-15-13-30(14-16-31)20-7-2-1-3-8-20/h1-5,7-10,17-18H,6,11-16H2,(H,29,33). The van der Waals surface area contributed by atoms with E-state index in [1.165, 1.54) is 10.6 Å². The fourth-order valence-electron chi connectivity index (χ4n) is 4.42. The summed E-state index contributed by atoms with van der Waals surface area (Å²) in [6.45, 7) is 3.61. The van der Waals surface area contributed by atoms with Gasteiger partial charge in [0.1, 0.15) is 0 Å². The van der Waals surface area contributed by atoms with Gasteiger partial charge < -0.3 is 15.1 Å². The van der Waals surface area contributed by atoms with Crippen molar-refractivity contribution in [3.63, 3.8) is 0 Å². The predicted molar refractivity (Wildman–Crippen MR) is 133 cm³/mol. The highest BCUT2D eigenvalue weighted by molar-refractivity contribution is 6.21. The highest BCUT2D eigenvalue weighted by atomic mass is 16.2. The van der Waals surface area contributed by atoms with Crippen molar-refractivity contribution in [1.29, 1.82) is 0 Å². The molecule has 1 N–H and O–H groups in total. The van der Waals surface area contributed by atoms with Crippen molar-refractivity contribution in [2.24, 2.45) is 0 Å². The molecule has 0 bridgehead atoms. The number of imide groups is 1. The van der Waals surface area contributed by atoms with Gasteiger partial charge in [-0.1, -0.05) is 30.3 Å². The van der Waals surface area contributed by atoms with Gasteiger partial charge in [0.15, 0.2) is 0 Å². The molecular weight excluding hydrogens is 444 g/mol. The van der Waals surface area contributed by atoms with Crippen LogP contribution in [0.2, 0.25) is 0 Å². The Morgan fingerprint density at radius 2 is 1.37 bits per heavy atom. The van der Waals surface area contributed by atoms with E-state index in [0.29, 0.717) is 29.2 Å². The molecule has 35 heavy (non-hydrogen) atoms. The second-order valence-electron chi connectivity index (χ2n) is 8.54. The number of aromatic nitrogens is 2. The van der Waals surface area contributed by atoms with Gasteiger partial charge in [0.05, 0.1) is 29.2 Å². The first-order chi connectivity index (χ1) is 17.1. The van der Waals surface area contributed by atoms with E-state index in [1.807, 2.05) is 18.2 Å². The number of carbonyl (C=O) groups excluding carboxylic acids is 3. The van der Waals surface area contributed by atoms with Crippen LogP contribution in [0.3, 0.4) is 0 Å². The zero-order valence-electron chi connectivity index (χ0n) is 19.3. The Bertz CT molecular complexity index is 1190. The largest absolute Gasteiger partial charge is 0.368 e. The fourth-order valence-corrected chi connectivity index (χ4v) is 4.42. The molecule has 0 spiro atoms. The molecule has 9 nitrogen and oxygen atoms in total. The van der Waals surface area contributed by atoms with E-state index in [9.17, 15) is 14.4 Å². The van der Waals surface area contributed by atoms with Gasteiger partial charge in [-0.3, -0.25) is 19.3 Å². The van der Waals surface area contributed by atoms with Gasteiger partial charge in [-0.2, -0.15) is 0 Å². The minimum absolute atomic E-state index is 0.177. The molecular formula is C26H26N6O3. The summed E-state index contributed by atoms with van der Waals surface area (Å²) < 4.78 is 0. The van der Waals surface area contributed by atoms with Crippen molar-refractivity contribution in [2.75, 3.05) is 47.8 Å². The molecule has 1 fully saturated rings. The SMILES string of the molecule is O=C(CCCN1C(=O)c2ccccc2C1=O)Nc1cnc(N2CCN(c3ccccc3)CC2)nc1. The van der Waals surface area contributed by atoms with E-state index in [4.69, 9.17) is 0 Å². The van der Waals surface area contributed by atoms with Crippen LogP contribution in [0, 0.1) is 0 Å². The second-order valence-corrected chi connectivity index (χ2v) is 8.54. The molecule has 3 amide bonds. The Hall–Kier alpha value is -4.27. The minimum atomic E-state index is -0.306. The monoisotopic (exact) mass is 470 g/mol. The minimum Gasteiger partial charge on any atom is -0.368 e. The molecule has 2 aromatic carbocycles. The Kier molecular flexibility index (Phi) is 6.38. The molecule has 9 heteroatoms. The van der Waals surface area contributed by atoms with Gasteiger partial charge in [0, 0.05) is 44.8 Å². The summed E-state index contributed by atoms with van der Waals surface area (Å²) in [6.07, 6.45) is 3.76. The van der Waals surface area contributed by atoms with Crippen LogP contribution in [0.5, 0.6) is 0 Å². The Morgan fingerprint density at radius 3 is 2.00 bits per heavy atom. The summed E-state index contributed by atoms with van der Waals surface area (Å²) in [6, 6.07) is 17.1. The lowest BCUT2D eigenvalue weighted by Crippen LogP contribution is -2.47. The van der Waals surface area contributed by atoms with E-state index in [0.717, 1.165) is 26.2 Å². The molecule has 178 valence electrons. The van der Waals surface area contributed by atoms with Crippen molar-refractivity contribution in [2.45, 2.75) is 12.8 Å². The number of carbonyl (C=O) groups is 3. The third-order valence-corrected chi connectivity index (χ3v) is 6.27. The van der Waals surface area contributed by atoms with Gasteiger partial charge >= 0.3 is 0 Å². The third kappa shape index (κ3) is 4.84. The van der Waals surface area contributed by atoms with E-state index >= 15 is 0 Å². The normalized spacial score (nSPS) is 15.4. The van der Waals surface area contributed by atoms with Crippen LogP contribution in [0.4, 0.5) is 17.3 Å². The van der Waals surface area contributed by atoms with E-state index < -0.39 is 0 Å². The average molecular weight is 471 g/mol. The summed E-state index contributed by atoms with van der Waals surface area (Å²) >= 11 is 0. The van der Waals surface area contributed by atoms with E-state index in [2.05, 4.69) is 37.2 Å². The number of nitrogens with one attached hydrogen (secondary N) is 1. The number of fused-ring (bicyclic) bond motifs is 1. The summed E-state index contributed by atoms with van der Waals surface area (Å²) in [4.78, 5) is 51.7. The van der Waals surface area contributed by atoms with Crippen molar-refractivity contribution >= 4 is 35.0 Å². The topological polar surface area (TPSA) is 98.7 Å². The first-order valence-electron chi connectivity index (χ1n) is 11.7. The van der Waals surface area contributed by atoms with Crippen LogP contribution in [-0.4, -0.2) is 65.3 Å². The van der Waals surface area contributed by atoms with Crippen LogP contribution in [-0.2, 0) is 4.79 Å². The lowest BCUT2D eigenvalue weighted by Gasteiger charge is -2.36. The average Bonchev–Trinajstić information content (AvgIpc) is 3.15. The van der Waals surface area contributed by atoms with Crippen LogP contribution < -0.4 is 15.1 Å². The summed E-state index contributed by atoms with van der Waals surface area (Å²) in [5.74, 6) is -0.185. The molecule has 1 saturated heterocycles. The highest BCUT2D eigenvalue weighted by Gasteiger charge is 2.34. The number of para-hydroxylation sites is 1. The Balaban J connectivity index is 1.07. The van der Waals surface area contributed by atoms with Crippen LogP contribution in [0.25, 0.3) is 0 Å². The van der Waals surface area contributed by atoms with Gasteiger partial charge in [-0.25, -0.2) is 9.97 Å². The summed E-state index contributed by atoms with van der Waals surface area (Å²) in [7, 11) is 0. The number of hydrogen-bond donors (Lipinski definition) is 1. The molecule has 1 aromatic heterocycles. The van der Waals surface area contributed by atoms with Gasteiger partial charge in [-0.15, -0.1) is 0 Å². The van der Waals surface area contributed by atoms with Gasteiger partial charge in [0.2, 0.25) is 11.9 Å². The number of amides is 3. The second kappa shape index (κ2) is 9.92.